The van der Waals surface area contributed by atoms with E-state index < -0.39 is 0 Å². The molecule has 0 radical (unpaired) electrons. The molecule has 0 saturated carbocycles. The van der Waals surface area contributed by atoms with Gasteiger partial charge in [-0.3, -0.25) is 14.2 Å². The highest BCUT2D eigenvalue weighted by Crippen LogP contribution is 2.41. The van der Waals surface area contributed by atoms with Crippen LogP contribution in [-0.4, -0.2) is 15.5 Å². The molecule has 0 bridgehead atoms. The molecular formula is C22H24FN3O2S. The zero-order valence-corrected chi connectivity index (χ0v) is 17.6. The van der Waals surface area contributed by atoms with E-state index in [1.165, 1.54) is 40.0 Å². The van der Waals surface area contributed by atoms with Gasteiger partial charge in [0.05, 0.1) is 11.7 Å². The average molecular weight is 414 g/mol. The number of rotatable bonds is 3. The third-order valence-electron chi connectivity index (χ3n) is 5.70. The van der Waals surface area contributed by atoms with Crippen molar-refractivity contribution in [2.75, 3.05) is 5.32 Å². The van der Waals surface area contributed by atoms with Crippen molar-refractivity contribution in [3.05, 3.63) is 57.2 Å². The molecule has 1 aliphatic rings. The molecule has 0 unspecified atom stereocenters. The molecular weight excluding hydrogens is 389 g/mol. The summed E-state index contributed by atoms with van der Waals surface area (Å²) in [6, 6.07) is 5.52. The van der Waals surface area contributed by atoms with Gasteiger partial charge in [-0.2, -0.15) is 0 Å². The Bertz CT molecular complexity index is 1130. The summed E-state index contributed by atoms with van der Waals surface area (Å²) in [5, 5.41) is 3.34. The summed E-state index contributed by atoms with van der Waals surface area (Å²) in [6.07, 6.45) is 4.35. The first-order chi connectivity index (χ1) is 13.7. The van der Waals surface area contributed by atoms with Gasteiger partial charge in [0.1, 0.15) is 17.2 Å². The average Bonchev–Trinajstić information content (AvgIpc) is 3.03. The smallest absolute Gasteiger partial charge is 0.262 e. The topological polar surface area (TPSA) is 64.0 Å². The molecule has 1 N–H and O–H groups in total. The number of hydrogen-bond donors (Lipinski definition) is 1. The highest BCUT2D eigenvalue weighted by atomic mass is 32.1. The predicted octanol–water partition coefficient (Wildman–Crippen LogP) is 4.39. The molecule has 2 aromatic heterocycles. The normalized spacial score (nSPS) is 16.6. The molecule has 4 rings (SSSR count). The molecule has 1 amide bonds. The molecule has 152 valence electrons. The Labute approximate surface area is 172 Å². The van der Waals surface area contributed by atoms with Crippen LogP contribution in [0, 0.1) is 17.2 Å². The SMILES string of the molecule is CC(C)(C)[C@@H]1CCc2c(sc3ncn(CC(=O)Nc4ccc(F)cc4)c(=O)c23)C1. The van der Waals surface area contributed by atoms with Gasteiger partial charge < -0.3 is 5.32 Å². The van der Waals surface area contributed by atoms with Crippen LogP contribution in [0.25, 0.3) is 10.2 Å². The second-order valence-electron chi connectivity index (χ2n) is 8.72. The van der Waals surface area contributed by atoms with Gasteiger partial charge in [-0.15, -0.1) is 11.3 Å². The molecule has 7 heteroatoms. The lowest BCUT2D eigenvalue weighted by atomic mass is 9.72. The molecule has 0 saturated heterocycles. The number of hydrogen-bond acceptors (Lipinski definition) is 4. The first-order valence-electron chi connectivity index (χ1n) is 9.77. The Morgan fingerprint density at radius 1 is 1.31 bits per heavy atom. The molecule has 3 aromatic rings. The summed E-state index contributed by atoms with van der Waals surface area (Å²) in [5.41, 5.74) is 1.66. The van der Waals surface area contributed by atoms with Crippen molar-refractivity contribution in [1.82, 2.24) is 9.55 Å². The molecule has 29 heavy (non-hydrogen) atoms. The third-order valence-corrected chi connectivity index (χ3v) is 6.86. The summed E-state index contributed by atoms with van der Waals surface area (Å²) in [4.78, 5) is 31.9. The van der Waals surface area contributed by atoms with Crippen LogP contribution in [-0.2, 0) is 24.2 Å². The Morgan fingerprint density at radius 2 is 2.03 bits per heavy atom. The Balaban J connectivity index is 1.59. The van der Waals surface area contributed by atoms with E-state index in [4.69, 9.17) is 0 Å². The van der Waals surface area contributed by atoms with E-state index >= 15 is 0 Å². The molecule has 0 aliphatic heterocycles. The van der Waals surface area contributed by atoms with Crippen LogP contribution in [0.1, 0.15) is 37.6 Å². The van der Waals surface area contributed by atoms with Crippen LogP contribution in [0.5, 0.6) is 0 Å². The number of carbonyl (C=O) groups excluding carboxylic acids is 1. The van der Waals surface area contributed by atoms with E-state index in [1.807, 2.05) is 0 Å². The lowest BCUT2D eigenvalue weighted by Crippen LogP contribution is -2.29. The van der Waals surface area contributed by atoms with Crippen molar-refractivity contribution in [2.45, 2.75) is 46.6 Å². The number of fused-ring (bicyclic) bond motifs is 3. The van der Waals surface area contributed by atoms with Crippen molar-refractivity contribution < 1.29 is 9.18 Å². The molecule has 0 fully saturated rings. The maximum Gasteiger partial charge on any atom is 0.262 e. The number of aromatic nitrogens is 2. The van der Waals surface area contributed by atoms with Gasteiger partial charge in [0.15, 0.2) is 0 Å². The lowest BCUT2D eigenvalue weighted by molar-refractivity contribution is -0.116. The Hall–Kier alpha value is -2.54. The number of nitrogens with zero attached hydrogens (tertiary/aromatic N) is 2. The second kappa shape index (κ2) is 7.37. The van der Waals surface area contributed by atoms with Crippen LogP contribution in [0.4, 0.5) is 10.1 Å². The maximum absolute atomic E-state index is 13.1. The minimum atomic E-state index is -0.371. The Morgan fingerprint density at radius 3 is 2.72 bits per heavy atom. The van der Waals surface area contributed by atoms with E-state index in [1.54, 1.807) is 11.3 Å². The van der Waals surface area contributed by atoms with E-state index in [2.05, 4.69) is 31.1 Å². The zero-order valence-electron chi connectivity index (χ0n) is 16.8. The number of carbonyl (C=O) groups is 1. The standard InChI is InChI=1S/C22H24FN3O2S/c1-22(2,3)13-4-9-16-17(10-13)29-20-19(16)21(28)26(12-24-20)11-18(27)25-15-7-5-14(23)6-8-15/h5-8,12-13H,4,9-11H2,1-3H3,(H,25,27)/t13-/m1/s1. The van der Waals surface area contributed by atoms with Crippen molar-refractivity contribution in [1.29, 1.82) is 0 Å². The Kier molecular flexibility index (Phi) is 5.02. The highest BCUT2D eigenvalue weighted by molar-refractivity contribution is 7.18. The van der Waals surface area contributed by atoms with Crippen LogP contribution in [0.15, 0.2) is 35.4 Å². The van der Waals surface area contributed by atoms with E-state index in [9.17, 15) is 14.0 Å². The fraction of sp³-hybridized carbons (Fsp3) is 0.409. The summed E-state index contributed by atoms with van der Waals surface area (Å²) in [5.74, 6) is -0.131. The number of amides is 1. The fourth-order valence-corrected chi connectivity index (χ4v) is 5.20. The van der Waals surface area contributed by atoms with Gasteiger partial charge in [0, 0.05) is 10.6 Å². The van der Waals surface area contributed by atoms with Crippen LogP contribution in [0.3, 0.4) is 0 Å². The molecule has 1 aromatic carbocycles. The number of halogens is 1. The molecule has 5 nitrogen and oxygen atoms in total. The summed E-state index contributed by atoms with van der Waals surface area (Å²) < 4.78 is 14.4. The second-order valence-corrected chi connectivity index (χ2v) is 9.81. The van der Waals surface area contributed by atoms with Crippen molar-refractivity contribution >= 4 is 33.1 Å². The monoisotopic (exact) mass is 413 g/mol. The van der Waals surface area contributed by atoms with E-state index in [0.29, 0.717) is 17.0 Å². The van der Waals surface area contributed by atoms with Gasteiger partial charge in [-0.05, 0) is 60.4 Å². The lowest BCUT2D eigenvalue weighted by Gasteiger charge is -2.33. The quantitative estimate of drug-likeness (QED) is 0.693. The summed E-state index contributed by atoms with van der Waals surface area (Å²) >= 11 is 1.60. The number of nitrogens with one attached hydrogen (secondary N) is 1. The summed E-state index contributed by atoms with van der Waals surface area (Å²) in [7, 11) is 0. The van der Waals surface area contributed by atoms with Crippen LogP contribution < -0.4 is 10.9 Å². The highest BCUT2D eigenvalue weighted by Gasteiger charge is 2.31. The third kappa shape index (κ3) is 3.96. The predicted molar refractivity (Wildman–Crippen MR) is 114 cm³/mol. The van der Waals surface area contributed by atoms with Crippen LogP contribution in [0.2, 0.25) is 0 Å². The number of anilines is 1. The van der Waals surface area contributed by atoms with E-state index in [0.717, 1.165) is 29.7 Å². The molecule has 1 atom stereocenters. The number of aryl methyl sites for hydroxylation is 1. The minimum Gasteiger partial charge on any atom is -0.325 e. The van der Waals surface area contributed by atoms with Crippen molar-refractivity contribution in [3.8, 4) is 0 Å². The van der Waals surface area contributed by atoms with Gasteiger partial charge in [-0.1, -0.05) is 20.8 Å². The first kappa shape index (κ1) is 19.8. The molecule has 0 spiro atoms. The number of thiophene rings is 1. The number of benzene rings is 1. The summed E-state index contributed by atoms with van der Waals surface area (Å²) in [6.45, 7) is 6.66. The van der Waals surface area contributed by atoms with Crippen molar-refractivity contribution in [2.24, 2.45) is 11.3 Å². The largest absolute Gasteiger partial charge is 0.325 e. The first-order valence-corrected chi connectivity index (χ1v) is 10.6. The minimum absolute atomic E-state index is 0.131. The fourth-order valence-electron chi connectivity index (χ4n) is 3.94. The molecule has 2 heterocycles. The van der Waals surface area contributed by atoms with Gasteiger partial charge in [-0.25, -0.2) is 9.37 Å². The van der Waals surface area contributed by atoms with Crippen LogP contribution >= 0.6 is 11.3 Å². The molecule has 1 aliphatic carbocycles. The van der Waals surface area contributed by atoms with Gasteiger partial charge in [0.25, 0.3) is 5.56 Å². The van der Waals surface area contributed by atoms with Gasteiger partial charge in [0.2, 0.25) is 5.91 Å². The van der Waals surface area contributed by atoms with E-state index in [-0.39, 0.29) is 29.2 Å². The van der Waals surface area contributed by atoms with Gasteiger partial charge >= 0.3 is 0 Å². The maximum atomic E-state index is 13.1. The van der Waals surface area contributed by atoms with Crippen molar-refractivity contribution in [3.63, 3.8) is 0 Å². The zero-order chi connectivity index (χ0) is 20.8.